The van der Waals surface area contributed by atoms with Crippen molar-refractivity contribution in [2.75, 3.05) is 0 Å². The topological polar surface area (TPSA) is 113 Å². The molecule has 1 fully saturated rings. The van der Waals surface area contributed by atoms with Gasteiger partial charge in [0.15, 0.2) is 0 Å². The minimum Gasteiger partial charge on any atom is -0.342 e. The quantitative estimate of drug-likeness (QED) is 0.749. The van der Waals surface area contributed by atoms with Gasteiger partial charge in [-0.2, -0.15) is 0 Å². The Bertz CT molecular complexity index is 782. The Balaban J connectivity index is 1.83. The van der Waals surface area contributed by atoms with Crippen LogP contribution in [0, 0.1) is 5.92 Å². The molecule has 8 heteroatoms. The second-order valence-electron chi connectivity index (χ2n) is 6.73. The molecule has 2 heterocycles. The number of carbonyl (C=O) groups is 5. The van der Waals surface area contributed by atoms with Crippen LogP contribution in [0.4, 0.5) is 0 Å². The third kappa shape index (κ3) is 2.98. The second-order valence-corrected chi connectivity index (χ2v) is 6.73. The van der Waals surface area contributed by atoms with Crippen LogP contribution in [0.5, 0.6) is 0 Å². The summed E-state index contributed by atoms with van der Waals surface area (Å²) in [7, 11) is 0. The van der Waals surface area contributed by atoms with Gasteiger partial charge in [0, 0.05) is 6.42 Å². The molecule has 3 rings (SSSR count). The van der Waals surface area contributed by atoms with Crippen molar-refractivity contribution >= 4 is 29.5 Å². The number of fused-ring (bicyclic) bond motifs is 1. The third-order valence-electron chi connectivity index (χ3n) is 4.56. The number of hydrogen-bond acceptors (Lipinski definition) is 5. The number of rotatable bonds is 4. The van der Waals surface area contributed by atoms with Crippen LogP contribution in [0.15, 0.2) is 24.3 Å². The van der Waals surface area contributed by atoms with E-state index in [9.17, 15) is 24.0 Å². The molecular formula is C18H19N3O5. The Morgan fingerprint density at radius 3 is 2.19 bits per heavy atom. The zero-order valence-corrected chi connectivity index (χ0v) is 14.4. The summed E-state index contributed by atoms with van der Waals surface area (Å²) in [4.78, 5) is 62.2. The maximum absolute atomic E-state index is 12.8. The number of piperidine rings is 1. The smallest absolute Gasteiger partial charge is 0.262 e. The van der Waals surface area contributed by atoms with Gasteiger partial charge in [0.25, 0.3) is 11.8 Å². The zero-order chi connectivity index (χ0) is 19.0. The van der Waals surface area contributed by atoms with Crippen molar-refractivity contribution in [2.24, 2.45) is 5.92 Å². The van der Waals surface area contributed by atoms with Gasteiger partial charge in [0.05, 0.1) is 11.1 Å². The summed E-state index contributed by atoms with van der Waals surface area (Å²) in [5.41, 5.74) is 0.522. The first-order valence-electron chi connectivity index (χ1n) is 8.42. The number of nitrogens with zero attached hydrogens (tertiary/aromatic N) is 1. The molecule has 0 aromatic heterocycles. The predicted molar refractivity (Wildman–Crippen MR) is 89.9 cm³/mol. The number of carbonyl (C=O) groups excluding carboxylic acids is 5. The molecule has 2 aliphatic rings. The van der Waals surface area contributed by atoms with Gasteiger partial charge in [-0.3, -0.25) is 34.2 Å². The Morgan fingerprint density at radius 2 is 1.69 bits per heavy atom. The molecule has 2 aliphatic heterocycles. The van der Waals surface area contributed by atoms with Gasteiger partial charge >= 0.3 is 0 Å². The van der Waals surface area contributed by atoms with Gasteiger partial charge < -0.3 is 5.32 Å². The summed E-state index contributed by atoms with van der Waals surface area (Å²) in [6.45, 7) is 3.44. The number of nitrogens with one attached hydrogen (secondary N) is 2. The molecule has 8 nitrogen and oxygen atoms in total. The first-order valence-corrected chi connectivity index (χ1v) is 8.42. The highest BCUT2D eigenvalue weighted by Crippen LogP contribution is 2.27. The van der Waals surface area contributed by atoms with Crippen LogP contribution in [0.2, 0.25) is 0 Å². The van der Waals surface area contributed by atoms with Crippen LogP contribution >= 0.6 is 0 Å². The molecule has 0 saturated carbocycles. The lowest BCUT2D eigenvalue weighted by molar-refractivity contribution is -0.138. The van der Waals surface area contributed by atoms with E-state index in [1.807, 2.05) is 0 Å². The highest BCUT2D eigenvalue weighted by Gasteiger charge is 2.44. The van der Waals surface area contributed by atoms with Gasteiger partial charge in [0.1, 0.15) is 12.1 Å². The minimum absolute atomic E-state index is 0.121. The second kappa shape index (κ2) is 6.70. The number of amides is 5. The summed E-state index contributed by atoms with van der Waals surface area (Å²) in [6, 6.07) is 4.49. The van der Waals surface area contributed by atoms with E-state index in [1.165, 1.54) is 0 Å². The van der Waals surface area contributed by atoms with E-state index < -0.39 is 35.7 Å². The zero-order valence-electron chi connectivity index (χ0n) is 14.4. The molecule has 1 saturated heterocycles. The Morgan fingerprint density at radius 1 is 1.12 bits per heavy atom. The molecule has 26 heavy (non-hydrogen) atoms. The average molecular weight is 357 g/mol. The van der Waals surface area contributed by atoms with Crippen molar-refractivity contribution in [2.45, 2.75) is 38.8 Å². The molecule has 0 radical (unpaired) electrons. The summed E-state index contributed by atoms with van der Waals surface area (Å²) >= 11 is 0. The number of imide groups is 2. The van der Waals surface area contributed by atoms with E-state index in [1.54, 1.807) is 38.1 Å². The monoisotopic (exact) mass is 357 g/mol. The van der Waals surface area contributed by atoms with Crippen molar-refractivity contribution in [3.05, 3.63) is 35.4 Å². The van der Waals surface area contributed by atoms with Crippen LogP contribution < -0.4 is 10.6 Å². The third-order valence-corrected chi connectivity index (χ3v) is 4.56. The summed E-state index contributed by atoms with van der Waals surface area (Å²) in [5, 5.41) is 4.73. The van der Waals surface area contributed by atoms with E-state index in [-0.39, 0.29) is 35.8 Å². The fourth-order valence-corrected chi connectivity index (χ4v) is 3.27. The Labute approximate surface area is 149 Å². The van der Waals surface area contributed by atoms with E-state index in [2.05, 4.69) is 10.6 Å². The lowest BCUT2D eigenvalue weighted by Gasteiger charge is -2.30. The molecule has 0 spiro atoms. The standard InChI is InChI=1S/C18H19N3O5/c1-9(2)14(16(24)19-12-7-8-13(22)20-15(12)23)21-17(25)10-5-3-4-6-11(10)18(21)26/h3-6,9,12,14H,7-8H2,1-2H3,(H,19,24)(H,20,22,23). The lowest BCUT2D eigenvalue weighted by atomic mass is 9.99. The summed E-state index contributed by atoms with van der Waals surface area (Å²) < 4.78 is 0. The van der Waals surface area contributed by atoms with Gasteiger partial charge in [-0.15, -0.1) is 0 Å². The first kappa shape index (κ1) is 17.8. The van der Waals surface area contributed by atoms with Gasteiger partial charge in [0.2, 0.25) is 17.7 Å². The van der Waals surface area contributed by atoms with Crippen LogP contribution in [0.1, 0.15) is 47.4 Å². The fraction of sp³-hybridized carbons (Fsp3) is 0.389. The molecule has 2 N–H and O–H groups in total. The molecular weight excluding hydrogens is 338 g/mol. The highest BCUT2D eigenvalue weighted by molar-refractivity contribution is 6.23. The van der Waals surface area contributed by atoms with E-state index in [4.69, 9.17) is 0 Å². The average Bonchev–Trinajstić information content (AvgIpc) is 2.83. The van der Waals surface area contributed by atoms with Crippen molar-refractivity contribution in [1.29, 1.82) is 0 Å². The largest absolute Gasteiger partial charge is 0.342 e. The van der Waals surface area contributed by atoms with Crippen molar-refractivity contribution in [1.82, 2.24) is 15.5 Å². The molecule has 2 atom stereocenters. The fourth-order valence-electron chi connectivity index (χ4n) is 3.27. The van der Waals surface area contributed by atoms with Crippen molar-refractivity contribution < 1.29 is 24.0 Å². The maximum atomic E-state index is 12.8. The van der Waals surface area contributed by atoms with Gasteiger partial charge in [-0.25, -0.2) is 0 Å². The Hall–Kier alpha value is -3.03. The molecule has 136 valence electrons. The van der Waals surface area contributed by atoms with E-state index in [0.29, 0.717) is 0 Å². The molecule has 1 aromatic carbocycles. The molecule has 1 aromatic rings. The molecule has 2 unspecified atom stereocenters. The molecule has 5 amide bonds. The van der Waals surface area contributed by atoms with Crippen LogP contribution in [0.3, 0.4) is 0 Å². The van der Waals surface area contributed by atoms with E-state index in [0.717, 1.165) is 4.90 Å². The molecule has 0 aliphatic carbocycles. The number of benzene rings is 1. The molecule has 0 bridgehead atoms. The minimum atomic E-state index is -1.05. The first-order chi connectivity index (χ1) is 12.3. The van der Waals surface area contributed by atoms with Gasteiger partial charge in [-0.05, 0) is 24.5 Å². The highest BCUT2D eigenvalue weighted by atomic mass is 16.2. The SMILES string of the molecule is CC(C)C(C(=O)NC1CCC(=O)NC1=O)N1C(=O)c2ccccc2C1=O. The Kier molecular flexibility index (Phi) is 4.58. The summed E-state index contributed by atoms with van der Waals surface area (Å²) in [6.07, 6.45) is 0.305. The number of hydrogen-bond donors (Lipinski definition) is 2. The van der Waals surface area contributed by atoms with Crippen LogP contribution in [-0.4, -0.2) is 46.5 Å². The van der Waals surface area contributed by atoms with Crippen LogP contribution in [0.25, 0.3) is 0 Å². The predicted octanol–water partition coefficient (Wildman–Crippen LogP) is 0.229. The van der Waals surface area contributed by atoms with E-state index >= 15 is 0 Å². The van der Waals surface area contributed by atoms with Crippen LogP contribution in [-0.2, 0) is 14.4 Å². The normalized spacial score (nSPS) is 20.9. The lowest BCUT2D eigenvalue weighted by Crippen LogP contribution is -2.58. The van der Waals surface area contributed by atoms with Crippen molar-refractivity contribution in [3.8, 4) is 0 Å². The maximum Gasteiger partial charge on any atom is 0.262 e. The van der Waals surface area contributed by atoms with Crippen molar-refractivity contribution in [3.63, 3.8) is 0 Å². The summed E-state index contributed by atoms with van der Waals surface area (Å²) in [5.74, 6) is -2.97. The van der Waals surface area contributed by atoms with Gasteiger partial charge in [-0.1, -0.05) is 26.0 Å².